The number of carbonyl (C=O) groups excluding carboxylic acids is 1. The van der Waals surface area contributed by atoms with E-state index in [0.29, 0.717) is 23.2 Å². The Morgan fingerprint density at radius 3 is 2.19 bits per heavy atom. The fraction of sp³-hybridized carbons (Fsp3) is 0.435. The number of hydrogen-bond donors (Lipinski definition) is 2. The zero-order valence-electron chi connectivity index (χ0n) is 17.9. The van der Waals surface area contributed by atoms with Gasteiger partial charge >= 0.3 is 0 Å². The van der Waals surface area contributed by atoms with Crippen LogP contribution in [0.3, 0.4) is 0 Å². The average Bonchev–Trinajstić information content (AvgIpc) is 2.83. The van der Waals surface area contributed by atoms with Crippen LogP contribution in [-0.2, 0) is 14.8 Å². The van der Waals surface area contributed by atoms with Gasteiger partial charge in [0.25, 0.3) is 5.91 Å². The van der Waals surface area contributed by atoms with Crippen molar-refractivity contribution >= 4 is 15.9 Å². The molecule has 0 radical (unpaired) electrons. The number of rotatable bonds is 6. The van der Waals surface area contributed by atoms with Crippen molar-refractivity contribution in [1.29, 1.82) is 0 Å². The molecule has 32 heavy (non-hydrogen) atoms. The lowest BCUT2D eigenvalue weighted by atomic mass is 9.71. The Bertz CT molecular complexity index is 1040. The highest BCUT2D eigenvalue weighted by Crippen LogP contribution is 2.42. The van der Waals surface area contributed by atoms with Gasteiger partial charge in [0.2, 0.25) is 10.0 Å². The summed E-state index contributed by atoms with van der Waals surface area (Å²) in [7, 11) is -2.34. The summed E-state index contributed by atoms with van der Waals surface area (Å²) >= 11 is 0. The highest BCUT2D eigenvalue weighted by Gasteiger charge is 2.47. The van der Waals surface area contributed by atoms with Gasteiger partial charge in [-0.2, -0.15) is 4.31 Å². The number of fused-ring (bicyclic) bond motifs is 1. The van der Waals surface area contributed by atoms with Crippen molar-refractivity contribution in [2.45, 2.75) is 43.0 Å². The number of amides is 1. The SMILES string of the molecule is COc1ccc(Oc2ccc(S(=O)(=O)N3CCC4CCCCC4C3C(=O)NO)cc2)cc1. The average molecular weight is 461 g/mol. The number of piperidine rings is 1. The van der Waals surface area contributed by atoms with Crippen LogP contribution < -0.4 is 15.0 Å². The van der Waals surface area contributed by atoms with E-state index in [-0.39, 0.29) is 17.4 Å². The molecule has 9 heteroatoms. The van der Waals surface area contributed by atoms with Gasteiger partial charge in [-0.15, -0.1) is 0 Å². The topological polar surface area (TPSA) is 105 Å². The summed E-state index contributed by atoms with van der Waals surface area (Å²) in [6.07, 6.45) is 4.55. The molecule has 1 amide bonds. The number of ether oxygens (including phenoxy) is 2. The van der Waals surface area contributed by atoms with Crippen molar-refractivity contribution in [3.05, 3.63) is 48.5 Å². The van der Waals surface area contributed by atoms with Crippen LogP contribution in [0.25, 0.3) is 0 Å². The Morgan fingerprint density at radius 1 is 0.969 bits per heavy atom. The molecule has 3 unspecified atom stereocenters. The highest BCUT2D eigenvalue weighted by molar-refractivity contribution is 7.89. The standard InChI is InChI=1S/C23H28N2O6S/c1-30-17-6-8-18(9-7-17)31-19-10-12-20(13-11-19)32(28,29)25-15-14-16-4-2-3-5-21(16)22(25)23(26)24-27/h6-13,16,21-22,27H,2-5,14-15H2,1H3,(H,24,26). The van der Waals surface area contributed by atoms with Gasteiger partial charge in [0, 0.05) is 6.54 Å². The molecule has 2 N–H and O–H groups in total. The van der Waals surface area contributed by atoms with Gasteiger partial charge in [-0.1, -0.05) is 19.3 Å². The normalized spacial score (nSPS) is 23.8. The summed E-state index contributed by atoms with van der Waals surface area (Å²) in [6, 6.07) is 12.3. The number of nitrogens with one attached hydrogen (secondary N) is 1. The monoisotopic (exact) mass is 460 g/mol. The first-order valence-electron chi connectivity index (χ1n) is 10.8. The van der Waals surface area contributed by atoms with Gasteiger partial charge in [-0.3, -0.25) is 10.0 Å². The van der Waals surface area contributed by atoms with E-state index in [2.05, 4.69) is 0 Å². The molecule has 1 saturated carbocycles. The third-order valence-electron chi connectivity index (χ3n) is 6.51. The molecule has 8 nitrogen and oxygen atoms in total. The number of benzene rings is 2. The first-order valence-corrected chi connectivity index (χ1v) is 12.3. The first-order chi connectivity index (χ1) is 15.4. The lowest BCUT2D eigenvalue weighted by Crippen LogP contribution is -2.58. The molecule has 2 fully saturated rings. The maximum absolute atomic E-state index is 13.4. The van der Waals surface area contributed by atoms with Gasteiger partial charge < -0.3 is 9.47 Å². The maximum Gasteiger partial charge on any atom is 0.262 e. The molecular formula is C23H28N2O6S. The van der Waals surface area contributed by atoms with Gasteiger partial charge in [0.15, 0.2) is 0 Å². The van der Waals surface area contributed by atoms with Crippen LogP contribution in [0.5, 0.6) is 17.2 Å². The minimum Gasteiger partial charge on any atom is -0.497 e. The molecule has 2 aromatic carbocycles. The third kappa shape index (κ3) is 4.46. The molecular weight excluding hydrogens is 432 g/mol. The molecule has 0 spiro atoms. The molecule has 1 aliphatic carbocycles. The molecule has 0 bridgehead atoms. The Kier molecular flexibility index (Phi) is 6.68. The number of hydroxylamine groups is 1. The second-order valence-corrected chi connectivity index (χ2v) is 10.2. The van der Waals surface area contributed by atoms with E-state index >= 15 is 0 Å². The fourth-order valence-corrected chi connectivity index (χ4v) is 6.56. The summed E-state index contributed by atoms with van der Waals surface area (Å²) < 4.78 is 39.0. The van der Waals surface area contributed by atoms with E-state index in [1.165, 1.54) is 16.4 Å². The van der Waals surface area contributed by atoms with Crippen LogP contribution in [0, 0.1) is 11.8 Å². The molecule has 1 heterocycles. The van der Waals surface area contributed by atoms with Gasteiger partial charge in [-0.05, 0) is 73.2 Å². The molecule has 2 aliphatic rings. The van der Waals surface area contributed by atoms with E-state index in [4.69, 9.17) is 9.47 Å². The van der Waals surface area contributed by atoms with Gasteiger partial charge in [-0.25, -0.2) is 13.9 Å². The van der Waals surface area contributed by atoms with Crippen molar-refractivity contribution in [2.75, 3.05) is 13.7 Å². The second kappa shape index (κ2) is 9.48. The zero-order valence-corrected chi connectivity index (χ0v) is 18.8. The number of methoxy groups -OCH3 is 1. The lowest BCUT2D eigenvalue weighted by Gasteiger charge is -2.45. The van der Waals surface area contributed by atoms with Crippen LogP contribution >= 0.6 is 0 Å². The van der Waals surface area contributed by atoms with Crippen molar-refractivity contribution in [2.24, 2.45) is 11.8 Å². The Balaban J connectivity index is 1.55. The summed E-state index contributed by atoms with van der Waals surface area (Å²) in [5, 5.41) is 9.30. The summed E-state index contributed by atoms with van der Waals surface area (Å²) in [5.74, 6) is 1.35. The minimum absolute atomic E-state index is 0.0860. The fourth-order valence-electron chi connectivity index (χ4n) is 4.91. The quantitative estimate of drug-likeness (QED) is 0.504. The van der Waals surface area contributed by atoms with E-state index < -0.39 is 22.0 Å². The summed E-state index contributed by atoms with van der Waals surface area (Å²) in [6.45, 7) is 0.256. The largest absolute Gasteiger partial charge is 0.497 e. The van der Waals surface area contributed by atoms with Crippen LogP contribution in [0.2, 0.25) is 0 Å². The number of nitrogens with zero attached hydrogens (tertiary/aromatic N) is 1. The molecule has 4 rings (SSSR count). The number of sulfonamides is 1. The molecule has 0 aromatic heterocycles. The number of carbonyl (C=O) groups is 1. The number of hydrogen-bond acceptors (Lipinski definition) is 6. The second-order valence-electron chi connectivity index (χ2n) is 8.28. The lowest BCUT2D eigenvalue weighted by molar-refractivity contribution is -0.138. The summed E-state index contributed by atoms with van der Waals surface area (Å²) in [4.78, 5) is 12.6. The Hall–Kier alpha value is -2.62. The van der Waals surface area contributed by atoms with Crippen molar-refractivity contribution < 1.29 is 27.9 Å². The van der Waals surface area contributed by atoms with Crippen LogP contribution in [0.1, 0.15) is 32.1 Å². The molecule has 3 atom stereocenters. The molecule has 172 valence electrons. The van der Waals surface area contributed by atoms with Crippen LogP contribution in [-0.4, -0.2) is 43.5 Å². The Labute approximate surface area is 188 Å². The molecule has 1 saturated heterocycles. The molecule has 1 aliphatic heterocycles. The molecule has 2 aromatic rings. The van der Waals surface area contributed by atoms with E-state index in [0.717, 1.165) is 32.1 Å². The predicted molar refractivity (Wildman–Crippen MR) is 117 cm³/mol. The Morgan fingerprint density at radius 2 is 1.56 bits per heavy atom. The summed E-state index contributed by atoms with van der Waals surface area (Å²) in [5.41, 5.74) is 1.69. The smallest absolute Gasteiger partial charge is 0.262 e. The van der Waals surface area contributed by atoms with E-state index in [1.807, 2.05) is 0 Å². The van der Waals surface area contributed by atoms with Crippen LogP contribution in [0.15, 0.2) is 53.4 Å². The van der Waals surface area contributed by atoms with Gasteiger partial charge in [0.05, 0.1) is 12.0 Å². The van der Waals surface area contributed by atoms with E-state index in [9.17, 15) is 18.4 Å². The maximum atomic E-state index is 13.4. The van der Waals surface area contributed by atoms with Crippen LogP contribution in [0.4, 0.5) is 0 Å². The first kappa shape index (κ1) is 22.6. The van der Waals surface area contributed by atoms with Crippen molar-refractivity contribution in [3.63, 3.8) is 0 Å². The van der Waals surface area contributed by atoms with E-state index in [1.54, 1.807) is 49.0 Å². The minimum atomic E-state index is -3.93. The van der Waals surface area contributed by atoms with Crippen molar-refractivity contribution in [3.8, 4) is 17.2 Å². The van der Waals surface area contributed by atoms with Crippen molar-refractivity contribution in [1.82, 2.24) is 9.79 Å². The predicted octanol–water partition coefficient (Wildman–Crippen LogP) is 3.56. The zero-order chi connectivity index (χ0) is 22.7. The van der Waals surface area contributed by atoms with Gasteiger partial charge in [0.1, 0.15) is 23.3 Å². The highest BCUT2D eigenvalue weighted by atomic mass is 32.2. The third-order valence-corrected chi connectivity index (χ3v) is 8.40.